The fourth-order valence-electron chi connectivity index (χ4n) is 0.749. The van der Waals surface area contributed by atoms with Crippen LogP contribution < -0.4 is 0 Å². The molecule has 1 aromatic rings. The summed E-state index contributed by atoms with van der Waals surface area (Å²) in [7, 11) is 1.35. The van der Waals surface area contributed by atoms with Gasteiger partial charge in [0.25, 0.3) is 0 Å². The predicted octanol–water partition coefficient (Wildman–Crippen LogP) is 3.12. The van der Waals surface area contributed by atoms with Gasteiger partial charge in [-0.15, -0.1) is 0 Å². The lowest BCUT2D eigenvalue weighted by Gasteiger charge is -1.95. The number of carbonyl (C=O) groups excluding carboxylic acids is 1. The average molecular weight is 229 g/mol. The second kappa shape index (κ2) is 5.73. The number of thioether (sulfide) groups is 1. The molecule has 0 heterocycles. The molecule has 0 radical (unpaired) electrons. The standard InChI is InChI=1S/C10H9ClO2S/c1-13-10(12)6-7-14-9-4-2-8(11)3-5-9/h2-7H,1H3. The number of esters is 1. The van der Waals surface area contributed by atoms with E-state index in [1.807, 2.05) is 12.1 Å². The molecule has 2 nitrogen and oxygen atoms in total. The van der Waals surface area contributed by atoms with Crippen molar-refractivity contribution in [3.8, 4) is 0 Å². The number of benzene rings is 1. The van der Waals surface area contributed by atoms with Crippen molar-refractivity contribution in [1.29, 1.82) is 0 Å². The van der Waals surface area contributed by atoms with Gasteiger partial charge in [-0.25, -0.2) is 4.79 Å². The fraction of sp³-hybridized carbons (Fsp3) is 0.100. The van der Waals surface area contributed by atoms with E-state index < -0.39 is 0 Å². The van der Waals surface area contributed by atoms with Crippen molar-refractivity contribution in [3.63, 3.8) is 0 Å². The van der Waals surface area contributed by atoms with E-state index in [-0.39, 0.29) is 5.97 Å². The molecule has 1 rings (SSSR count). The van der Waals surface area contributed by atoms with E-state index in [2.05, 4.69) is 4.74 Å². The maximum Gasteiger partial charge on any atom is 0.330 e. The van der Waals surface area contributed by atoms with E-state index in [4.69, 9.17) is 11.6 Å². The van der Waals surface area contributed by atoms with Crippen LogP contribution in [0.3, 0.4) is 0 Å². The highest BCUT2D eigenvalue weighted by Crippen LogP contribution is 2.20. The number of rotatable bonds is 3. The smallest absolute Gasteiger partial charge is 0.330 e. The molecule has 0 saturated heterocycles. The Morgan fingerprint density at radius 2 is 2.07 bits per heavy atom. The van der Waals surface area contributed by atoms with Crippen LogP contribution in [0.2, 0.25) is 5.02 Å². The lowest BCUT2D eigenvalue weighted by atomic mass is 10.4. The van der Waals surface area contributed by atoms with E-state index >= 15 is 0 Å². The second-order valence-electron chi connectivity index (χ2n) is 2.40. The molecule has 0 bridgehead atoms. The molecule has 0 saturated carbocycles. The SMILES string of the molecule is COC(=O)C=CSc1ccc(Cl)cc1. The van der Waals surface area contributed by atoms with Crippen molar-refractivity contribution >= 4 is 29.3 Å². The third-order valence-corrected chi connectivity index (χ3v) is 2.49. The van der Waals surface area contributed by atoms with Crippen molar-refractivity contribution < 1.29 is 9.53 Å². The monoisotopic (exact) mass is 228 g/mol. The maximum atomic E-state index is 10.7. The molecule has 0 aliphatic heterocycles. The Kier molecular flexibility index (Phi) is 4.56. The summed E-state index contributed by atoms with van der Waals surface area (Å²) in [5.74, 6) is -0.355. The zero-order chi connectivity index (χ0) is 10.4. The molecule has 0 unspecified atom stereocenters. The minimum Gasteiger partial charge on any atom is -0.466 e. The van der Waals surface area contributed by atoms with Gasteiger partial charge in [-0.05, 0) is 29.7 Å². The van der Waals surface area contributed by atoms with Gasteiger partial charge >= 0.3 is 5.97 Å². The maximum absolute atomic E-state index is 10.7. The van der Waals surface area contributed by atoms with E-state index in [0.29, 0.717) is 5.02 Å². The Hall–Kier alpha value is -0.930. The van der Waals surface area contributed by atoms with Crippen LogP contribution in [0.5, 0.6) is 0 Å². The van der Waals surface area contributed by atoms with Crippen molar-refractivity contribution in [2.75, 3.05) is 7.11 Å². The van der Waals surface area contributed by atoms with Gasteiger partial charge in [-0.1, -0.05) is 23.4 Å². The van der Waals surface area contributed by atoms with E-state index in [1.165, 1.54) is 24.9 Å². The zero-order valence-corrected chi connectivity index (χ0v) is 9.14. The van der Waals surface area contributed by atoms with Crippen LogP contribution in [-0.4, -0.2) is 13.1 Å². The Labute approximate surface area is 91.9 Å². The van der Waals surface area contributed by atoms with Crippen LogP contribution in [0.1, 0.15) is 0 Å². The first-order valence-electron chi connectivity index (χ1n) is 3.89. The van der Waals surface area contributed by atoms with Gasteiger partial charge < -0.3 is 4.74 Å². The molecule has 1 aromatic carbocycles. The Bertz CT molecular complexity index is 332. The minimum absolute atomic E-state index is 0.355. The average Bonchev–Trinajstić information content (AvgIpc) is 2.21. The quantitative estimate of drug-likeness (QED) is 0.452. The zero-order valence-electron chi connectivity index (χ0n) is 7.57. The number of hydrogen-bond donors (Lipinski definition) is 0. The number of methoxy groups -OCH3 is 1. The molecule has 0 aromatic heterocycles. The Balaban J connectivity index is 2.49. The lowest BCUT2D eigenvalue weighted by molar-refractivity contribution is -0.134. The van der Waals surface area contributed by atoms with Crippen LogP contribution >= 0.6 is 23.4 Å². The first-order valence-corrected chi connectivity index (χ1v) is 5.15. The normalized spacial score (nSPS) is 10.4. The molecule has 14 heavy (non-hydrogen) atoms. The summed E-state index contributed by atoms with van der Waals surface area (Å²) in [6.45, 7) is 0. The Morgan fingerprint density at radius 1 is 1.43 bits per heavy atom. The Morgan fingerprint density at radius 3 is 2.64 bits per heavy atom. The lowest BCUT2D eigenvalue weighted by Crippen LogP contribution is -1.92. The largest absolute Gasteiger partial charge is 0.466 e. The molecule has 0 aliphatic rings. The van der Waals surface area contributed by atoms with Gasteiger partial charge in [0.2, 0.25) is 0 Å². The topological polar surface area (TPSA) is 26.3 Å². The van der Waals surface area contributed by atoms with E-state index in [1.54, 1.807) is 17.5 Å². The van der Waals surface area contributed by atoms with Crippen molar-refractivity contribution in [1.82, 2.24) is 0 Å². The number of hydrogen-bond acceptors (Lipinski definition) is 3. The summed E-state index contributed by atoms with van der Waals surface area (Å²) in [6.07, 6.45) is 1.37. The van der Waals surface area contributed by atoms with Gasteiger partial charge in [0.15, 0.2) is 0 Å². The molecule has 0 amide bonds. The number of ether oxygens (including phenoxy) is 1. The molecule has 0 aliphatic carbocycles. The number of carbonyl (C=O) groups is 1. The molecule has 0 N–H and O–H groups in total. The van der Waals surface area contributed by atoms with Crippen molar-refractivity contribution in [2.24, 2.45) is 0 Å². The summed E-state index contributed by atoms with van der Waals surface area (Å²) >= 11 is 7.15. The van der Waals surface area contributed by atoms with Gasteiger partial charge in [0.05, 0.1) is 7.11 Å². The van der Waals surface area contributed by atoms with E-state index in [9.17, 15) is 4.79 Å². The molecule has 0 atom stereocenters. The second-order valence-corrected chi connectivity index (χ2v) is 3.81. The van der Waals surface area contributed by atoms with Gasteiger partial charge in [-0.3, -0.25) is 0 Å². The first kappa shape index (κ1) is 11.1. The van der Waals surface area contributed by atoms with E-state index in [0.717, 1.165) is 4.90 Å². The van der Waals surface area contributed by atoms with Crippen molar-refractivity contribution in [3.05, 3.63) is 40.8 Å². The van der Waals surface area contributed by atoms with Gasteiger partial charge in [0, 0.05) is 16.0 Å². The molecule has 0 spiro atoms. The summed E-state index contributed by atoms with van der Waals surface area (Å²) in [5, 5.41) is 2.38. The third-order valence-electron chi connectivity index (χ3n) is 1.42. The summed E-state index contributed by atoms with van der Waals surface area (Å²) in [6, 6.07) is 7.37. The first-order chi connectivity index (χ1) is 6.72. The predicted molar refractivity (Wildman–Crippen MR) is 58.5 cm³/mol. The summed E-state index contributed by atoms with van der Waals surface area (Å²) in [4.78, 5) is 11.7. The highest BCUT2D eigenvalue weighted by molar-refractivity contribution is 8.02. The highest BCUT2D eigenvalue weighted by atomic mass is 35.5. The molecule has 74 valence electrons. The fourth-order valence-corrected chi connectivity index (χ4v) is 1.50. The number of halogens is 1. The molecular weight excluding hydrogens is 220 g/mol. The molecule has 4 heteroatoms. The van der Waals surface area contributed by atoms with Crippen LogP contribution in [0.25, 0.3) is 0 Å². The highest BCUT2D eigenvalue weighted by Gasteiger charge is 1.92. The van der Waals surface area contributed by atoms with Gasteiger partial charge in [-0.2, -0.15) is 0 Å². The third kappa shape index (κ3) is 3.85. The molecule has 0 fully saturated rings. The summed E-state index contributed by atoms with van der Waals surface area (Å²) in [5.41, 5.74) is 0. The van der Waals surface area contributed by atoms with Crippen LogP contribution in [0.4, 0.5) is 0 Å². The van der Waals surface area contributed by atoms with Crippen LogP contribution in [0.15, 0.2) is 40.6 Å². The van der Waals surface area contributed by atoms with Crippen LogP contribution in [0, 0.1) is 0 Å². The van der Waals surface area contributed by atoms with Crippen molar-refractivity contribution in [2.45, 2.75) is 4.90 Å². The van der Waals surface area contributed by atoms with Crippen LogP contribution in [-0.2, 0) is 9.53 Å². The molecular formula is C10H9ClO2S. The minimum atomic E-state index is -0.355. The van der Waals surface area contributed by atoms with Gasteiger partial charge in [0.1, 0.15) is 0 Å². The summed E-state index contributed by atoms with van der Waals surface area (Å²) < 4.78 is 4.45.